The van der Waals surface area contributed by atoms with Crippen LogP contribution < -0.4 is 0 Å². The zero-order valence-corrected chi connectivity index (χ0v) is 17.6. The molecule has 0 spiro atoms. The van der Waals surface area contributed by atoms with Crippen molar-refractivity contribution in [2.45, 2.75) is 82.6 Å². The molecule has 2 fully saturated rings. The fourth-order valence-corrected chi connectivity index (χ4v) is 4.61. The van der Waals surface area contributed by atoms with Crippen LogP contribution >= 0.6 is 0 Å². The maximum atomic E-state index is 11.1. The predicted molar refractivity (Wildman–Crippen MR) is 102 cm³/mol. The van der Waals surface area contributed by atoms with E-state index in [9.17, 15) is 5.11 Å². The number of fused-ring (bicyclic) bond motifs is 1. The zero-order valence-electron chi connectivity index (χ0n) is 16.6. The van der Waals surface area contributed by atoms with Gasteiger partial charge < -0.3 is 23.7 Å². The number of ether oxygens (including phenoxy) is 3. The molecular formula is C20H32O5Si. The molecule has 1 aromatic carbocycles. The average Bonchev–Trinajstić information content (AvgIpc) is 2.58. The lowest BCUT2D eigenvalue weighted by atomic mass is 9.95. The quantitative estimate of drug-likeness (QED) is 0.812. The Hall–Kier alpha value is -0.763. The van der Waals surface area contributed by atoms with Crippen LogP contribution in [0.25, 0.3) is 0 Å². The Bertz CT molecular complexity index is 600. The molecule has 5 nitrogen and oxygen atoms in total. The summed E-state index contributed by atoms with van der Waals surface area (Å²) in [6.45, 7) is 13.3. The van der Waals surface area contributed by atoms with Crippen LogP contribution in [0.4, 0.5) is 0 Å². The van der Waals surface area contributed by atoms with Crippen molar-refractivity contribution >= 4 is 8.32 Å². The highest BCUT2D eigenvalue weighted by molar-refractivity contribution is 6.74. The Labute approximate surface area is 157 Å². The van der Waals surface area contributed by atoms with Gasteiger partial charge in [0.1, 0.15) is 18.3 Å². The topological polar surface area (TPSA) is 57.2 Å². The Kier molecular flexibility index (Phi) is 5.64. The maximum Gasteiger partial charge on any atom is 0.192 e. The normalized spacial score (nSPS) is 35.8. The van der Waals surface area contributed by atoms with Crippen LogP contribution in [-0.2, 0) is 18.6 Å². The molecule has 0 saturated carbocycles. The summed E-state index contributed by atoms with van der Waals surface area (Å²) in [5, 5.41) is 11.1. The Morgan fingerprint density at radius 3 is 2.38 bits per heavy atom. The minimum absolute atomic E-state index is 0.0619. The van der Waals surface area contributed by atoms with Gasteiger partial charge in [0.2, 0.25) is 0 Å². The van der Waals surface area contributed by atoms with Crippen LogP contribution in [0.15, 0.2) is 30.3 Å². The molecule has 0 amide bonds. The van der Waals surface area contributed by atoms with E-state index in [0.717, 1.165) is 5.56 Å². The van der Waals surface area contributed by atoms with Crippen LogP contribution in [0.2, 0.25) is 18.1 Å². The van der Waals surface area contributed by atoms with E-state index in [1.54, 1.807) is 0 Å². The summed E-state index contributed by atoms with van der Waals surface area (Å²) in [6, 6.07) is 9.79. The molecule has 0 aliphatic carbocycles. The van der Waals surface area contributed by atoms with Crippen molar-refractivity contribution in [2.24, 2.45) is 0 Å². The first-order valence-corrected chi connectivity index (χ1v) is 12.3. The van der Waals surface area contributed by atoms with Gasteiger partial charge in [-0.05, 0) is 25.1 Å². The minimum atomic E-state index is -2.04. The van der Waals surface area contributed by atoms with Gasteiger partial charge in [0, 0.05) is 5.56 Å². The molecule has 0 radical (unpaired) electrons. The summed E-state index contributed by atoms with van der Waals surface area (Å²) in [7, 11) is -2.04. The first-order valence-electron chi connectivity index (χ1n) is 9.43. The summed E-state index contributed by atoms with van der Waals surface area (Å²) >= 11 is 0. The molecule has 146 valence electrons. The van der Waals surface area contributed by atoms with Crippen molar-refractivity contribution in [1.29, 1.82) is 0 Å². The van der Waals surface area contributed by atoms with Crippen molar-refractivity contribution in [3.8, 4) is 0 Å². The number of benzene rings is 1. The van der Waals surface area contributed by atoms with Gasteiger partial charge in [-0.25, -0.2) is 0 Å². The molecule has 2 heterocycles. The Morgan fingerprint density at radius 1 is 1.12 bits per heavy atom. The standard InChI is InChI=1S/C20H32O5Si/c1-13-17(25-26(5,6)20(2,3)4)16(21)18-15(23-13)12-22-19(24-18)14-10-8-7-9-11-14/h7-11,13,15-19,21H,12H2,1-6H3/t13-,15?,16+,17?,18+,19?/m0/s1. The van der Waals surface area contributed by atoms with Gasteiger partial charge in [0.05, 0.1) is 18.8 Å². The van der Waals surface area contributed by atoms with Crippen LogP contribution in [0.1, 0.15) is 39.5 Å². The molecule has 26 heavy (non-hydrogen) atoms. The first-order chi connectivity index (χ1) is 12.1. The second kappa shape index (κ2) is 7.34. The smallest absolute Gasteiger partial charge is 0.192 e. The molecule has 2 aliphatic rings. The van der Waals surface area contributed by atoms with E-state index in [-0.39, 0.29) is 17.2 Å². The van der Waals surface area contributed by atoms with Crippen LogP contribution in [0, 0.1) is 0 Å². The van der Waals surface area contributed by atoms with Crippen LogP contribution in [-0.4, -0.2) is 50.6 Å². The molecule has 1 N–H and O–H groups in total. The van der Waals surface area contributed by atoms with Crippen molar-refractivity contribution in [3.63, 3.8) is 0 Å². The highest BCUT2D eigenvalue weighted by atomic mass is 28.4. The number of hydrogen-bond acceptors (Lipinski definition) is 5. The van der Waals surface area contributed by atoms with Crippen molar-refractivity contribution in [1.82, 2.24) is 0 Å². The summed E-state index contributed by atoms with van der Waals surface area (Å²) in [5.41, 5.74) is 0.943. The molecule has 6 atom stereocenters. The lowest BCUT2D eigenvalue weighted by Crippen LogP contribution is -2.64. The van der Waals surface area contributed by atoms with E-state index < -0.39 is 32.9 Å². The number of aliphatic hydroxyl groups excluding tert-OH is 1. The van der Waals surface area contributed by atoms with Gasteiger partial charge in [-0.1, -0.05) is 51.1 Å². The largest absolute Gasteiger partial charge is 0.409 e. The van der Waals surface area contributed by atoms with Gasteiger partial charge in [0.15, 0.2) is 14.6 Å². The summed E-state index contributed by atoms with van der Waals surface area (Å²) in [6.07, 6.45) is -2.57. The highest BCUT2D eigenvalue weighted by Gasteiger charge is 2.51. The molecule has 3 rings (SSSR count). The number of hydrogen-bond donors (Lipinski definition) is 1. The third-order valence-electron chi connectivity index (χ3n) is 5.89. The first kappa shape index (κ1) is 20.0. The van der Waals surface area contributed by atoms with Crippen molar-refractivity contribution in [3.05, 3.63) is 35.9 Å². The molecule has 2 aliphatic heterocycles. The van der Waals surface area contributed by atoms with Gasteiger partial charge in [-0.2, -0.15) is 0 Å². The van der Waals surface area contributed by atoms with E-state index in [4.69, 9.17) is 18.6 Å². The summed E-state index contributed by atoms with van der Waals surface area (Å²) < 4.78 is 24.5. The monoisotopic (exact) mass is 380 g/mol. The number of rotatable bonds is 3. The van der Waals surface area contributed by atoms with E-state index in [2.05, 4.69) is 33.9 Å². The van der Waals surface area contributed by atoms with E-state index >= 15 is 0 Å². The van der Waals surface area contributed by atoms with Gasteiger partial charge in [-0.15, -0.1) is 0 Å². The maximum absolute atomic E-state index is 11.1. The molecule has 0 bridgehead atoms. The third-order valence-corrected chi connectivity index (χ3v) is 10.4. The molecule has 1 aromatic rings. The van der Waals surface area contributed by atoms with Gasteiger partial charge in [-0.3, -0.25) is 0 Å². The SMILES string of the molecule is C[C@@H]1OC2COC(c3ccccc3)O[C@H]2[C@H](O)C1O[Si](C)(C)C(C)(C)C. The van der Waals surface area contributed by atoms with E-state index in [0.29, 0.717) is 6.61 Å². The average molecular weight is 381 g/mol. The lowest BCUT2D eigenvalue weighted by molar-refractivity contribution is -0.324. The van der Waals surface area contributed by atoms with Crippen molar-refractivity contribution < 1.29 is 23.7 Å². The lowest BCUT2D eigenvalue weighted by Gasteiger charge is -2.50. The van der Waals surface area contributed by atoms with E-state index in [1.807, 2.05) is 37.3 Å². The Morgan fingerprint density at radius 2 is 1.77 bits per heavy atom. The fraction of sp³-hybridized carbons (Fsp3) is 0.700. The highest BCUT2D eigenvalue weighted by Crippen LogP contribution is 2.41. The summed E-state index contributed by atoms with van der Waals surface area (Å²) in [4.78, 5) is 0. The minimum Gasteiger partial charge on any atom is -0.409 e. The van der Waals surface area contributed by atoms with E-state index in [1.165, 1.54) is 0 Å². The second-order valence-electron chi connectivity index (χ2n) is 8.89. The molecule has 2 saturated heterocycles. The van der Waals surface area contributed by atoms with Crippen LogP contribution in [0.5, 0.6) is 0 Å². The fourth-order valence-electron chi connectivity index (χ4n) is 3.25. The second-order valence-corrected chi connectivity index (χ2v) is 13.6. The molecule has 0 aromatic heterocycles. The van der Waals surface area contributed by atoms with Gasteiger partial charge >= 0.3 is 0 Å². The Balaban J connectivity index is 1.75. The van der Waals surface area contributed by atoms with Crippen LogP contribution in [0.3, 0.4) is 0 Å². The molecular weight excluding hydrogens is 348 g/mol. The van der Waals surface area contributed by atoms with Gasteiger partial charge in [0.25, 0.3) is 0 Å². The number of aliphatic hydroxyl groups is 1. The predicted octanol–water partition coefficient (Wildman–Crippen LogP) is 3.64. The third kappa shape index (κ3) is 3.91. The molecule has 6 heteroatoms. The molecule has 3 unspecified atom stereocenters. The van der Waals surface area contributed by atoms with Crippen molar-refractivity contribution in [2.75, 3.05) is 6.61 Å². The summed E-state index contributed by atoms with van der Waals surface area (Å²) in [5.74, 6) is 0. The zero-order chi connectivity index (χ0) is 19.1.